The number of hydrazone groups is 1. The Morgan fingerprint density at radius 3 is 2.95 bits per heavy atom. The van der Waals surface area contributed by atoms with Gasteiger partial charge < -0.3 is 0 Å². The van der Waals surface area contributed by atoms with Crippen molar-refractivity contribution >= 4 is 23.7 Å². The lowest BCUT2D eigenvalue weighted by Gasteiger charge is -2.02. The number of aryl methyl sites for hydroxylation is 1. The minimum atomic E-state index is -0.241. The number of nitrogens with zero attached hydrogens (tertiary/aromatic N) is 3. The van der Waals surface area contributed by atoms with E-state index in [2.05, 4.69) is 15.6 Å². The van der Waals surface area contributed by atoms with Crippen molar-refractivity contribution < 1.29 is 4.79 Å². The Bertz CT molecular complexity index is 606. The van der Waals surface area contributed by atoms with Gasteiger partial charge in [-0.2, -0.15) is 10.2 Å². The molecule has 2 aromatic rings. The predicted octanol–water partition coefficient (Wildman–Crippen LogP) is 2.00. The van der Waals surface area contributed by atoms with Crippen molar-refractivity contribution in [3.05, 3.63) is 52.8 Å². The Balaban J connectivity index is 1.91. The van der Waals surface area contributed by atoms with Crippen LogP contribution in [0.2, 0.25) is 5.02 Å². The van der Waals surface area contributed by atoms with Crippen LogP contribution >= 0.6 is 11.6 Å². The second-order valence-electron chi connectivity index (χ2n) is 3.94. The molecular formula is C13H13ClN4O. The Labute approximate surface area is 115 Å². The van der Waals surface area contributed by atoms with E-state index in [1.165, 1.54) is 6.21 Å². The normalized spacial score (nSPS) is 10.8. The van der Waals surface area contributed by atoms with Crippen LogP contribution in [0.4, 0.5) is 0 Å². The molecule has 1 amide bonds. The molecular weight excluding hydrogens is 264 g/mol. The van der Waals surface area contributed by atoms with E-state index < -0.39 is 0 Å². The zero-order chi connectivity index (χ0) is 13.7. The number of hydrogen-bond donors (Lipinski definition) is 1. The maximum Gasteiger partial charge on any atom is 0.261 e. The van der Waals surface area contributed by atoms with Gasteiger partial charge in [0, 0.05) is 22.5 Å². The standard InChI is InChI=1S/C13H13ClN4O/c1-10-6-7-16-18(10)9-13(19)17-15-8-11-4-2-3-5-12(11)14/h2-8H,9H2,1H3,(H,17,19). The van der Waals surface area contributed by atoms with Crippen molar-refractivity contribution in [3.8, 4) is 0 Å². The summed E-state index contributed by atoms with van der Waals surface area (Å²) >= 11 is 5.96. The molecule has 1 heterocycles. The second-order valence-corrected chi connectivity index (χ2v) is 4.35. The highest BCUT2D eigenvalue weighted by Crippen LogP contribution is 2.11. The Kier molecular flexibility index (Phi) is 4.30. The summed E-state index contributed by atoms with van der Waals surface area (Å²) in [5.41, 5.74) is 4.11. The van der Waals surface area contributed by atoms with E-state index in [0.717, 1.165) is 11.3 Å². The number of carbonyl (C=O) groups is 1. The molecule has 1 aromatic heterocycles. The molecule has 0 unspecified atom stereocenters. The minimum absolute atomic E-state index is 0.138. The molecule has 0 saturated carbocycles. The van der Waals surface area contributed by atoms with Gasteiger partial charge in [0.1, 0.15) is 6.54 Å². The smallest absolute Gasteiger partial charge is 0.261 e. The van der Waals surface area contributed by atoms with Crippen LogP contribution in [0.3, 0.4) is 0 Å². The number of amides is 1. The van der Waals surface area contributed by atoms with Crippen LogP contribution in [-0.2, 0) is 11.3 Å². The lowest BCUT2D eigenvalue weighted by atomic mass is 10.2. The molecule has 1 N–H and O–H groups in total. The van der Waals surface area contributed by atoms with Crippen molar-refractivity contribution in [3.63, 3.8) is 0 Å². The third-order valence-corrected chi connectivity index (χ3v) is 2.86. The van der Waals surface area contributed by atoms with Gasteiger partial charge >= 0.3 is 0 Å². The zero-order valence-corrected chi connectivity index (χ0v) is 11.1. The van der Waals surface area contributed by atoms with Gasteiger partial charge in [0.15, 0.2) is 0 Å². The molecule has 2 rings (SSSR count). The number of nitrogens with one attached hydrogen (secondary N) is 1. The largest absolute Gasteiger partial charge is 0.271 e. The average Bonchev–Trinajstić information content (AvgIpc) is 2.77. The first kappa shape index (κ1) is 13.3. The monoisotopic (exact) mass is 276 g/mol. The molecule has 98 valence electrons. The molecule has 6 heteroatoms. The summed E-state index contributed by atoms with van der Waals surface area (Å²) in [5, 5.41) is 8.47. The number of carbonyl (C=O) groups excluding carboxylic acids is 1. The molecule has 0 radical (unpaired) electrons. The first-order valence-corrected chi connectivity index (χ1v) is 6.09. The Morgan fingerprint density at radius 1 is 1.47 bits per heavy atom. The van der Waals surface area contributed by atoms with Crippen LogP contribution in [0, 0.1) is 6.92 Å². The fourth-order valence-corrected chi connectivity index (χ4v) is 1.67. The molecule has 19 heavy (non-hydrogen) atoms. The first-order chi connectivity index (χ1) is 9.16. The van der Waals surface area contributed by atoms with Crippen LogP contribution < -0.4 is 5.43 Å². The number of benzene rings is 1. The molecule has 0 fully saturated rings. The summed E-state index contributed by atoms with van der Waals surface area (Å²) in [5.74, 6) is -0.241. The lowest BCUT2D eigenvalue weighted by Crippen LogP contribution is -2.24. The summed E-state index contributed by atoms with van der Waals surface area (Å²) in [6.45, 7) is 2.02. The van der Waals surface area contributed by atoms with E-state index in [1.807, 2.05) is 31.2 Å². The summed E-state index contributed by atoms with van der Waals surface area (Å²) in [6, 6.07) is 9.09. The van der Waals surface area contributed by atoms with Crippen LogP contribution in [0.1, 0.15) is 11.3 Å². The molecule has 5 nitrogen and oxygen atoms in total. The third kappa shape index (κ3) is 3.66. The number of hydrogen-bond acceptors (Lipinski definition) is 3. The molecule has 0 bridgehead atoms. The highest BCUT2D eigenvalue weighted by molar-refractivity contribution is 6.33. The highest BCUT2D eigenvalue weighted by atomic mass is 35.5. The van der Waals surface area contributed by atoms with E-state index in [-0.39, 0.29) is 12.5 Å². The SMILES string of the molecule is Cc1ccnn1CC(=O)NN=Cc1ccccc1Cl. The summed E-state index contributed by atoms with van der Waals surface area (Å²) < 4.78 is 1.60. The van der Waals surface area contributed by atoms with Gasteiger partial charge in [-0.3, -0.25) is 9.48 Å². The molecule has 0 saturated heterocycles. The fourth-order valence-electron chi connectivity index (χ4n) is 1.49. The van der Waals surface area contributed by atoms with Crippen molar-refractivity contribution in [1.82, 2.24) is 15.2 Å². The Hall–Kier alpha value is -2.14. The van der Waals surface area contributed by atoms with E-state index in [1.54, 1.807) is 16.9 Å². The van der Waals surface area contributed by atoms with E-state index >= 15 is 0 Å². The highest BCUT2D eigenvalue weighted by Gasteiger charge is 2.03. The van der Waals surface area contributed by atoms with Gasteiger partial charge in [0.2, 0.25) is 0 Å². The minimum Gasteiger partial charge on any atom is -0.271 e. The Morgan fingerprint density at radius 2 is 2.26 bits per heavy atom. The average molecular weight is 277 g/mol. The molecule has 1 aromatic carbocycles. The summed E-state index contributed by atoms with van der Waals surface area (Å²) in [4.78, 5) is 11.6. The maximum atomic E-state index is 11.6. The van der Waals surface area contributed by atoms with Crippen molar-refractivity contribution in [2.45, 2.75) is 13.5 Å². The van der Waals surface area contributed by atoms with Crippen LogP contribution in [0.15, 0.2) is 41.6 Å². The quantitative estimate of drug-likeness (QED) is 0.686. The molecule has 0 spiro atoms. The van der Waals surface area contributed by atoms with Gasteiger partial charge in [0.05, 0.1) is 6.21 Å². The predicted molar refractivity (Wildman–Crippen MR) is 74.2 cm³/mol. The molecule has 0 aliphatic heterocycles. The summed E-state index contributed by atoms with van der Waals surface area (Å²) in [6.07, 6.45) is 3.16. The van der Waals surface area contributed by atoms with E-state index in [0.29, 0.717) is 5.02 Å². The van der Waals surface area contributed by atoms with Gasteiger partial charge in [-0.25, -0.2) is 5.43 Å². The van der Waals surface area contributed by atoms with Gasteiger partial charge in [-0.1, -0.05) is 29.8 Å². The van der Waals surface area contributed by atoms with Crippen molar-refractivity contribution in [1.29, 1.82) is 0 Å². The maximum absolute atomic E-state index is 11.6. The number of aromatic nitrogens is 2. The topological polar surface area (TPSA) is 59.3 Å². The summed E-state index contributed by atoms with van der Waals surface area (Å²) in [7, 11) is 0. The van der Waals surface area contributed by atoms with Crippen LogP contribution in [-0.4, -0.2) is 21.9 Å². The van der Waals surface area contributed by atoms with Crippen molar-refractivity contribution in [2.24, 2.45) is 5.10 Å². The van der Waals surface area contributed by atoms with E-state index in [9.17, 15) is 4.79 Å². The number of rotatable bonds is 4. The van der Waals surface area contributed by atoms with Gasteiger partial charge in [-0.05, 0) is 19.1 Å². The van der Waals surface area contributed by atoms with E-state index in [4.69, 9.17) is 11.6 Å². The molecule has 0 atom stereocenters. The first-order valence-electron chi connectivity index (χ1n) is 5.71. The second kappa shape index (κ2) is 6.15. The van der Waals surface area contributed by atoms with Crippen LogP contribution in [0.25, 0.3) is 0 Å². The molecule has 0 aliphatic rings. The lowest BCUT2D eigenvalue weighted by molar-refractivity contribution is -0.121. The number of halogens is 1. The van der Waals surface area contributed by atoms with Crippen LogP contribution in [0.5, 0.6) is 0 Å². The third-order valence-electron chi connectivity index (χ3n) is 2.52. The zero-order valence-electron chi connectivity index (χ0n) is 10.4. The van der Waals surface area contributed by atoms with Crippen molar-refractivity contribution in [2.75, 3.05) is 0 Å². The molecule has 0 aliphatic carbocycles. The van der Waals surface area contributed by atoms with Gasteiger partial charge in [-0.15, -0.1) is 0 Å². The van der Waals surface area contributed by atoms with Gasteiger partial charge in [0.25, 0.3) is 5.91 Å². The fraction of sp³-hybridized carbons (Fsp3) is 0.154.